The van der Waals surface area contributed by atoms with Crippen molar-refractivity contribution in [2.75, 3.05) is 11.9 Å². The minimum Gasteiger partial charge on any atom is -0.493 e. The summed E-state index contributed by atoms with van der Waals surface area (Å²) in [6.07, 6.45) is 0. The number of hydrogen-bond acceptors (Lipinski definition) is 3. The van der Waals surface area contributed by atoms with Gasteiger partial charge in [-0.3, -0.25) is 4.79 Å². The second-order valence-corrected chi connectivity index (χ2v) is 8.34. The zero-order chi connectivity index (χ0) is 23.3. The average molecular weight is 440 g/mol. The Morgan fingerprint density at radius 3 is 2.25 bits per heavy atom. The maximum Gasteiger partial charge on any atom is 0.255 e. The minimum atomic E-state index is -0.841. The van der Waals surface area contributed by atoms with E-state index in [9.17, 15) is 13.6 Å². The predicted octanol–water partition coefficient (Wildman–Crippen LogP) is 6.49. The molecule has 0 saturated heterocycles. The van der Waals surface area contributed by atoms with E-state index in [4.69, 9.17) is 9.47 Å². The van der Waals surface area contributed by atoms with Gasteiger partial charge in [0.1, 0.15) is 35.4 Å². The van der Waals surface area contributed by atoms with Crippen LogP contribution in [0.5, 0.6) is 11.5 Å². The zero-order valence-electron chi connectivity index (χ0n) is 18.7. The summed E-state index contributed by atoms with van der Waals surface area (Å²) in [6.45, 7) is 8.78. The Bertz CT molecular complexity index is 1090. The number of ether oxygens (including phenoxy) is 2. The van der Waals surface area contributed by atoms with Gasteiger partial charge >= 0.3 is 0 Å². The Kier molecular flexibility index (Phi) is 7.13. The van der Waals surface area contributed by atoms with Crippen LogP contribution in [0.4, 0.5) is 14.5 Å². The molecular weight excluding hydrogens is 412 g/mol. The highest BCUT2D eigenvalue weighted by molar-refractivity contribution is 6.04. The molecule has 4 nitrogen and oxygen atoms in total. The first-order chi connectivity index (χ1) is 15.2. The van der Waals surface area contributed by atoms with Crippen LogP contribution in [0, 0.1) is 11.6 Å². The lowest BCUT2D eigenvalue weighted by Crippen LogP contribution is -2.15. The van der Waals surface area contributed by atoms with Crippen LogP contribution in [0.25, 0.3) is 0 Å². The molecular formula is C26H27F2NO3. The fourth-order valence-corrected chi connectivity index (χ4v) is 3.30. The SMILES string of the molecule is CCOc1ccc(C(=O)Nc2c(F)cccc2F)cc1COc1ccccc1C(C)(C)C. The number of amides is 1. The number of carbonyl (C=O) groups excluding carboxylic acids is 1. The van der Waals surface area contributed by atoms with Crippen molar-refractivity contribution in [3.8, 4) is 11.5 Å². The molecule has 0 fully saturated rings. The molecule has 3 aromatic carbocycles. The highest BCUT2D eigenvalue weighted by atomic mass is 19.1. The highest BCUT2D eigenvalue weighted by Gasteiger charge is 2.19. The van der Waals surface area contributed by atoms with Crippen molar-refractivity contribution < 1.29 is 23.0 Å². The summed E-state index contributed by atoms with van der Waals surface area (Å²) in [5, 5.41) is 2.31. The molecule has 32 heavy (non-hydrogen) atoms. The van der Waals surface area contributed by atoms with Gasteiger partial charge < -0.3 is 14.8 Å². The summed E-state index contributed by atoms with van der Waals surface area (Å²) in [6, 6.07) is 16.0. The number of nitrogens with one attached hydrogen (secondary N) is 1. The molecule has 3 rings (SSSR count). The number of halogens is 2. The van der Waals surface area contributed by atoms with Crippen molar-refractivity contribution in [2.24, 2.45) is 0 Å². The third kappa shape index (κ3) is 5.44. The van der Waals surface area contributed by atoms with Gasteiger partial charge in [0.15, 0.2) is 0 Å². The zero-order valence-corrected chi connectivity index (χ0v) is 18.7. The monoisotopic (exact) mass is 439 g/mol. The molecule has 0 bridgehead atoms. The predicted molar refractivity (Wildman–Crippen MR) is 121 cm³/mol. The second kappa shape index (κ2) is 9.81. The number of anilines is 1. The van der Waals surface area contributed by atoms with Crippen molar-refractivity contribution >= 4 is 11.6 Å². The Hall–Kier alpha value is -3.41. The highest BCUT2D eigenvalue weighted by Crippen LogP contribution is 2.32. The number of hydrogen-bond donors (Lipinski definition) is 1. The van der Waals surface area contributed by atoms with E-state index in [0.29, 0.717) is 17.9 Å². The molecule has 1 N–H and O–H groups in total. The molecule has 0 aliphatic carbocycles. The van der Waals surface area contributed by atoms with Crippen molar-refractivity contribution in [1.82, 2.24) is 0 Å². The van der Waals surface area contributed by atoms with Crippen LogP contribution in [-0.2, 0) is 12.0 Å². The van der Waals surface area contributed by atoms with Gasteiger partial charge in [-0.15, -0.1) is 0 Å². The fourth-order valence-electron chi connectivity index (χ4n) is 3.30. The van der Waals surface area contributed by atoms with Gasteiger partial charge in [-0.1, -0.05) is 45.0 Å². The summed E-state index contributed by atoms with van der Waals surface area (Å²) in [5.41, 5.74) is 1.35. The normalized spacial score (nSPS) is 11.2. The molecule has 0 radical (unpaired) electrons. The van der Waals surface area contributed by atoms with E-state index in [2.05, 4.69) is 26.1 Å². The quantitative estimate of drug-likeness (QED) is 0.458. The molecule has 0 aliphatic rings. The maximum absolute atomic E-state index is 13.9. The first-order valence-corrected chi connectivity index (χ1v) is 10.4. The van der Waals surface area contributed by atoms with E-state index in [1.807, 2.05) is 31.2 Å². The van der Waals surface area contributed by atoms with Gasteiger partial charge in [-0.25, -0.2) is 8.78 Å². The van der Waals surface area contributed by atoms with E-state index in [-0.39, 0.29) is 17.6 Å². The standard InChI is InChI=1S/C26H27F2NO3/c1-5-31-22-14-13-17(25(30)29-24-20(27)10-8-11-21(24)28)15-18(22)16-32-23-12-7-6-9-19(23)26(2,3)4/h6-15H,5,16H2,1-4H3,(H,29,30). The van der Waals surface area contributed by atoms with Crippen LogP contribution < -0.4 is 14.8 Å². The van der Waals surface area contributed by atoms with Gasteiger partial charge in [0.05, 0.1) is 6.61 Å². The summed E-state index contributed by atoms with van der Waals surface area (Å²) >= 11 is 0. The topological polar surface area (TPSA) is 47.6 Å². The Morgan fingerprint density at radius 2 is 1.59 bits per heavy atom. The summed E-state index contributed by atoms with van der Waals surface area (Å²) in [5.74, 6) is -0.994. The Balaban J connectivity index is 1.86. The summed E-state index contributed by atoms with van der Waals surface area (Å²) < 4.78 is 39.6. The molecule has 168 valence electrons. The molecule has 0 saturated carbocycles. The van der Waals surface area contributed by atoms with Gasteiger partial charge in [0.2, 0.25) is 0 Å². The molecule has 0 aromatic heterocycles. The van der Waals surface area contributed by atoms with E-state index in [1.54, 1.807) is 18.2 Å². The van der Waals surface area contributed by atoms with Gasteiger partial charge in [0, 0.05) is 11.1 Å². The molecule has 0 atom stereocenters. The van der Waals surface area contributed by atoms with Gasteiger partial charge in [0.25, 0.3) is 5.91 Å². The fraction of sp³-hybridized carbons (Fsp3) is 0.269. The molecule has 0 heterocycles. The summed E-state index contributed by atoms with van der Waals surface area (Å²) in [7, 11) is 0. The molecule has 0 unspecified atom stereocenters. The summed E-state index contributed by atoms with van der Waals surface area (Å²) in [4.78, 5) is 12.7. The maximum atomic E-state index is 13.9. The molecule has 0 aliphatic heterocycles. The lowest BCUT2D eigenvalue weighted by Gasteiger charge is -2.23. The van der Waals surface area contributed by atoms with Crippen LogP contribution in [0.2, 0.25) is 0 Å². The van der Waals surface area contributed by atoms with Crippen molar-refractivity contribution in [3.63, 3.8) is 0 Å². The van der Waals surface area contributed by atoms with Crippen LogP contribution in [0.15, 0.2) is 60.7 Å². The second-order valence-electron chi connectivity index (χ2n) is 8.34. The Labute approximate surface area is 187 Å². The molecule has 3 aromatic rings. The van der Waals surface area contributed by atoms with Crippen molar-refractivity contribution in [1.29, 1.82) is 0 Å². The first kappa shape index (κ1) is 23.3. The smallest absolute Gasteiger partial charge is 0.255 e. The lowest BCUT2D eigenvalue weighted by atomic mass is 9.86. The number of carbonyl (C=O) groups is 1. The molecule has 1 amide bonds. The third-order valence-corrected chi connectivity index (χ3v) is 4.90. The first-order valence-electron chi connectivity index (χ1n) is 10.4. The number of rotatable bonds is 7. The van der Waals surface area contributed by atoms with Gasteiger partial charge in [-0.05, 0) is 54.3 Å². The third-order valence-electron chi connectivity index (χ3n) is 4.90. The minimum absolute atomic E-state index is 0.106. The Morgan fingerprint density at radius 1 is 0.906 bits per heavy atom. The van der Waals surface area contributed by atoms with Crippen LogP contribution >= 0.6 is 0 Å². The number of benzene rings is 3. The molecule has 6 heteroatoms. The van der Waals surface area contributed by atoms with E-state index in [0.717, 1.165) is 23.4 Å². The van der Waals surface area contributed by atoms with E-state index >= 15 is 0 Å². The van der Waals surface area contributed by atoms with E-state index in [1.165, 1.54) is 6.07 Å². The van der Waals surface area contributed by atoms with Gasteiger partial charge in [-0.2, -0.15) is 0 Å². The van der Waals surface area contributed by atoms with Crippen LogP contribution in [0.1, 0.15) is 49.2 Å². The average Bonchev–Trinajstić information content (AvgIpc) is 2.75. The van der Waals surface area contributed by atoms with Crippen molar-refractivity contribution in [2.45, 2.75) is 39.7 Å². The van der Waals surface area contributed by atoms with Crippen LogP contribution in [0.3, 0.4) is 0 Å². The molecule has 0 spiro atoms. The van der Waals surface area contributed by atoms with E-state index < -0.39 is 23.2 Å². The van der Waals surface area contributed by atoms with Crippen LogP contribution in [-0.4, -0.2) is 12.5 Å². The largest absolute Gasteiger partial charge is 0.493 e. The lowest BCUT2D eigenvalue weighted by molar-refractivity contribution is 0.102. The van der Waals surface area contributed by atoms with Crippen molar-refractivity contribution in [3.05, 3.63) is 89.0 Å². The number of para-hydroxylation sites is 2.